The number of benzene rings is 8. The van der Waals surface area contributed by atoms with Crippen LogP contribution in [0.4, 0.5) is 45.7 Å². The molecule has 0 radical (unpaired) electrons. The van der Waals surface area contributed by atoms with Gasteiger partial charge in [-0.3, -0.25) is 4.90 Å². The number of nitrogens with zero attached hydrogens (tertiary/aromatic N) is 3. The number of anilines is 8. The number of hydrogen-bond acceptors (Lipinski definition) is 4. The second-order valence-corrected chi connectivity index (χ2v) is 26.6. The summed E-state index contributed by atoms with van der Waals surface area (Å²) in [5.41, 5.74) is 24.2. The maximum absolute atomic E-state index is 7.40. The van der Waals surface area contributed by atoms with Crippen LogP contribution in [0.25, 0.3) is 33.2 Å². The zero-order valence-electron chi connectivity index (χ0n) is 47.4. The fourth-order valence-corrected chi connectivity index (χ4v) is 12.7. The van der Waals surface area contributed by atoms with E-state index in [0.717, 1.165) is 58.1 Å². The average molecular weight is 996 g/mol. The molecule has 0 spiro atoms. The number of rotatable bonds is 6. The molecular weight excluding hydrogens is 922 g/mol. The van der Waals surface area contributed by atoms with Gasteiger partial charge < -0.3 is 14.1 Å². The summed E-state index contributed by atoms with van der Waals surface area (Å²) < 4.78 is 7.40. The van der Waals surface area contributed by atoms with Gasteiger partial charge in [0.1, 0.15) is 5.58 Å². The molecule has 9 aromatic rings. The molecule has 0 unspecified atom stereocenters. The summed E-state index contributed by atoms with van der Waals surface area (Å²) in [7, 11) is 0. The first-order chi connectivity index (χ1) is 36.0. The Labute approximate surface area is 453 Å². The van der Waals surface area contributed by atoms with Gasteiger partial charge in [0.15, 0.2) is 0 Å². The van der Waals surface area contributed by atoms with E-state index in [1.807, 2.05) is 0 Å². The first-order valence-corrected chi connectivity index (χ1v) is 27.7. The molecule has 0 saturated carbocycles. The molecule has 0 N–H and O–H groups in total. The number of furan rings is 1. The van der Waals surface area contributed by atoms with E-state index in [2.05, 4.69) is 281 Å². The lowest BCUT2D eigenvalue weighted by molar-refractivity contribution is 0.332. The fourth-order valence-electron chi connectivity index (χ4n) is 12.7. The summed E-state index contributed by atoms with van der Waals surface area (Å²) >= 11 is 0. The molecule has 3 heterocycles. The van der Waals surface area contributed by atoms with Crippen molar-refractivity contribution in [1.82, 2.24) is 0 Å². The lowest BCUT2D eigenvalue weighted by atomic mass is 9.43. The Kier molecular flexibility index (Phi) is 11.4. The van der Waals surface area contributed by atoms with Gasteiger partial charge in [0, 0.05) is 56.1 Å². The monoisotopic (exact) mass is 996 g/mol. The van der Waals surface area contributed by atoms with Crippen molar-refractivity contribution in [3.63, 3.8) is 0 Å². The van der Waals surface area contributed by atoms with E-state index < -0.39 is 0 Å². The fraction of sp³-hybridized carbons (Fsp3) is 0.296. The third-order valence-corrected chi connectivity index (χ3v) is 17.2. The van der Waals surface area contributed by atoms with Crippen LogP contribution in [0.5, 0.6) is 0 Å². The molecule has 0 atom stereocenters. The standard InChI is InChI=1S/C71H74BN3O/c1-45-40-57-54-35-33-52(73(50-29-24-47(25-30-50)67(2,3)4)51-31-26-48(27-32-51)68(5,6)7)44-61(54)75(53-34-36-58-59(43-53)71(13,14)39-38-70(58,11)12)72-64(57)62(41-45)74(66-65(72)55-22-18-19-23-63(55)76-66)60-37-28-49(69(8,9)10)42-56(60)46-20-16-15-17-21-46/h15-37,40-44H,38-39H2,1-14H3. The molecule has 0 fully saturated rings. The molecule has 0 bridgehead atoms. The van der Waals surface area contributed by atoms with E-state index in [4.69, 9.17) is 4.42 Å². The summed E-state index contributed by atoms with van der Waals surface area (Å²) in [5.74, 6) is 0.861. The van der Waals surface area contributed by atoms with Gasteiger partial charge >= 0.3 is 6.85 Å². The maximum Gasteiger partial charge on any atom is 0.337 e. The van der Waals surface area contributed by atoms with Crippen molar-refractivity contribution in [3.8, 4) is 22.3 Å². The van der Waals surface area contributed by atoms with Crippen LogP contribution in [0.3, 0.4) is 0 Å². The van der Waals surface area contributed by atoms with E-state index in [0.29, 0.717) is 0 Å². The van der Waals surface area contributed by atoms with E-state index in [9.17, 15) is 0 Å². The first-order valence-electron chi connectivity index (χ1n) is 27.7. The Balaban J connectivity index is 1.17. The molecule has 382 valence electrons. The van der Waals surface area contributed by atoms with Gasteiger partial charge in [-0.05, 0) is 170 Å². The summed E-state index contributed by atoms with van der Waals surface area (Å²) in [5, 5.41) is 1.13. The van der Waals surface area contributed by atoms with Gasteiger partial charge in [0.25, 0.3) is 0 Å². The minimum atomic E-state index is -0.236. The van der Waals surface area contributed by atoms with Crippen molar-refractivity contribution >= 4 is 74.4 Å². The highest BCUT2D eigenvalue weighted by molar-refractivity contribution is 6.95. The summed E-state index contributed by atoms with van der Waals surface area (Å²) in [6, 6.07) is 64.8. The molecule has 8 aromatic carbocycles. The van der Waals surface area contributed by atoms with Gasteiger partial charge in [0.05, 0.1) is 5.69 Å². The maximum atomic E-state index is 7.40. The van der Waals surface area contributed by atoms with Gasteiger partial charge in [-0.15, -0.1) is 0 Å². The van der Waals surface area contributed by atoms with E-state index in [1.54, 1.807) is 0 Å². The van der Waals surface area contributed by atoms with Crippen LogP contribution >= 0.6 is 0 Å². The molecule has 3 aliphatic rings. The third-order valence-electron chi connectivity index (χ3n) is 17.2. The second-order valence-electron chi connectivity index (χ2n) is 26.6. The number of para-hydroxylation sites is 1. The van der Waals surface area contributed by atoms with E-state index >= 15 is 0 Å². The van der Waals surface area contributed by atoms with Crippen LogP contribution in [0.2, 0.25) is 0 Å². The SMILES string of the molecule is Cc1cc2c3c(c1)N(c1ccc(C(C)(C)C)cc1-c1ccccc1)c1oc4ccccc4c1B3N(c1ccc3c(c1)C(C)(C)CCC3(C)C)c1cc(N(c3ccc(C(C)(C)C)cc3)c3ccc(C(C)(C)C)cc3)ccc1-2. The number of aryl methyl sites for hydroxylation is 1. The predicted molar refractivity (Wildman–Crippen MR) is 326 cm³/mol. The molecule has 5 heteroatoms. The Hall–Kier alpha value is -7.24. The van der Waals surface area contributed by atoms with Crippen LogP contribution in [0.15, 0.2) is 174 Å². The largest absolute Gasteiger partial charge is 0.440 e. The minimum Gasteiger partial charge on any atom is -0.440 e. The van der Waals surface area contributed by atoms with E-state index in [-0.39, 0.29) is 33.9 Å². The zero-order valence-corrected chi connectivity index (χ0v) is 47.4. The molecule has 12 rings (SSSR count). The Morgan fingerprint density at radius 3 is 1.68 bits per heavy atom. The Morgan fingerprint density at radius 1 is 0.474 bits per heavy atom. The molecule has 0 saturated heterocycles. The highest BCUT2D eigenvalue weighted by Crippen LogP contribution is 2.54. The Morgan fingerprint density at radius 2 is 1.05 bits per heavy atom. The van der Waals surface area contributed by atoms with Gasteiger partial charge in [-0.1, -0.05) is 187 Å². The van der Waals surface area contributed by atoms with Gasteiger partial charge in [0.2, 0.25) is 5.88 Å². The van der Waals surface area contributed by atoms with Crippen molar-refractivity contribution in [1.29, 1.82) is 0 Å². The summed E-state index contributed by atoms with van der Waals surface area (Å²) in [6.45, 7) is 32.5. The van der Waals surface area contributed by atoms with Gasteiger partial charge in [-0.2, -0.15) is 0 Å². The molecule has 4 nitrogen and oxygen atoms in total. The van der Waals surface area contributed by atoms with Crippen molar-refractivity contribution in [3.05, 3.63) is 203 Å². The van der Waals surface area contributed by atoms with Crippen molar-refractivity contribution in [2.45, 2.75) is 137 Å². The van der Waals surface area contributed by atoms with Gasteiger partial charge in [-0.25, -0.2) is 0 Å². The van der Waals surface area contributed by atoms with Crippen molar-refractivity contribution in [2.75, 3.05) is 14.6 Å². The molecular formula is C71H74BN3O. The van der Waals surface area contributed by atoms with Crippen LogP contribution in [-0.2, 0) is 27.1 Å². The molecule has 0 amide bonds. The predicted octanol–water partition coefficient (Wildman–Crippen LogP) is 18.8. The average Bonchev–Trinajstić information content (AvgIpc) is 3.97. The lowest BCUT2D eigenvalue weighted by Crippen LogP contribution is -2.61. The highest BCUT2D eigenvalue weighted by Gasteiger charge is 2.49. The van der Waals surface area contributed by atoms with E-state index in [1.165, 1.54) is 77.9 Å². The number of fused-ring (bicyclic) bond motifs is 7. The van der Waals surface area contributed by atoms with Crippen molar-refractivity contribution < 1.29 is 4.42 Å². The highest BCUT2D eigenvalue weighted by atomic mass is 16.4. The molecule has 1 aliphatic carbocycles. The third kappa shape index (κ3) is 8.19. The quantitative estimate of drug-likeness (QED) is 0.155. The smallest absolute Gasteiger partial charge is 0.337 e. The van der Waals surface area contributed by atoms with Crippen LogP contribution in [-0.4, -0.2) is 6.85 Å². The first kappa shape index (κ1) is 49.6. The van der Waals surface area contributed by atoms with Crippen LogP contribution < -0.4 is 25.5 Å². The molecule has 1 aromatic heterocycles. The zero-order chi connectivity index (χ0) is 53.4. The van der Waals surface area contributed by atoms with Crippen LogP contribution in [0.1, 0.15) is 136 Å². The van der Waals surface area contributed by atoms with Crippen LogP contribution in [0, 0.1) is 6.92 Å². The Bertz CT molecular complexity index is 3670. The molecule has 2 aliphatic heterocycles. The summed E-state index contributed by atoms with van der Waals surface area (Å²) in [6.07, 6.45) is 2.29. The number of hydrogen-bond donors (Lipinski definition) is 0. The second kappa shape index (κ2) is 17.4. The topological polar surface area (TPSA) is 22.9 Å². The molecule has 76 heavy (non-hydrogen) atoms. The normalized spacial score (nSPS) is 15.5. The lowest BCUT2D eigenvalue weighted by Gasteiger charge is -2.46. The minimum absolute atomic E-state index is 0.000655. The summed E-state index contributed by atoms with van der Waals surface area (Å²) in [4.78, 5) is 7.62. The van der Waals surface area contributed by atoms with Crippen molar-refractivity contribution in [2.24, 2.45) is 0 Å².